The Bertz CT molecular complexity index is 703. The van der Waals surface area contributed by atoms with Gasteiger partial charge >= 0.3 is 11.9 Å². The molecule has 1 aromatic carbocycles. The third-order valence-corrected chi connectivity index (χ3v) is 3.41. The van der Waals surface area contributed by atoms with Gasteiger partial charge in [0.2, 0.25) is 0 Å². The second kappa shape index (κ2) is 6.60. The van der Waals surface area contributed by atoms with Gasteiger partial charge in [-0.1, -0.05) is 19.9 Å². The van der Waals surface area contributed by atoms with Crippen molar-refractivity contribution in [2.24, 2.45) is 5.92 Å². The van der Waals surface area contributed by atoms with Crippen LogP contribution in [0.2, 0.25) is 0 Å². The zero-order valence-corrected chi connectivity index (χ0v) is 13.0. The molecular weight excluding hydrogens is 284 g/mol. The molecule has 0 aliphatic heterocycles. The summed E-state index contributed by atoms with van der Waals surface area (Å²) in [6.07, 6.45) is 0.881. The Labute approximate surface area is 128 Å². The van der Waals surface area contributed by atoms with E-state index in [1.807, 2.05) is 4.57 Å². The first-order chi connectivity index (χ1) is 10.4. The molecule has 0 unspecified atom stereocenters. The molecule has 118 valence electrons. The Kier molecular flexibility index (Phi) is 4.80. The minimum atomic E-state index is -0.990. The first-order valence-corrected chi connectivity index (χ1v) is 7.25. The van der Waals surface area contributed by atoms with Crippen LogP contribution in [0.3, 0.4) is 0 Å². The first-order valence-electron chi connectivity index (χ1n) is 7.25. The zero-order valence-electron chi connectivity index (χ0n) is 13.0. The van der Waals surface area contributed by atoms with Crippen molar-refractivity contribution in [3.8, 4) is 0 Å². The number of rotatable bonds is 6. The van der Waals surface area contributed by atoms with Crippen molar-refractivity contribution < 1.29 is 19.4 Å². The lowest BCUT2D eigenvalue weighted by molar-refractivity contribution is -0.142. The van der Waals surface area contributed by atoms with Gasteiger partial charge in [0.05, 0.1) is 16.6 Å². The third kappa shape index (κ3) is 3.44. The number of nitrogens with zero attached hydrogens (tertiary/aromatic N) is 2. The van der Waals surface area contributed by atoms with Gasteiger partial charge < -0.3 is 14.4 Å². The van der Waals surface area contributed by atoms with Crippen molar-refractivity contribution in [3.05, 3.63) is 29.6 Å². The minimum absolute atomic E-state index is 0.0428. The molecule has 6 heteroatoms. The molecule has 22 heavy (non-hydrogen) atoms. The van der Waals surface area contributed by atoms with Gasteiger partial charge in [-0.25, -0.2) is 9.78 Å². The molecule has 0 bridgehead atoms. The summed E-state index contributed by atoms with van der Waals surface area (Å²) in [6.45, 7) is 6.21. The number of imidazole rings is 1. The molecule has 0 saturated heterocycles. The lowest BCUT2D eigenvalue weighted by Gasteiger charge is -2.12. The zero-order chi connectivity index (χ0) is 16.3. The number of aromatic nitrogens is 2. The van der Waals surface area contributed by atoms with Gasteiger partial charge in [-0.05, 0) is 24.5 Å². The fourth-order valence-corrected chi connectivity index (χ4v) is 2.31. The third-order valence-electron chi connectivity index (χ3n) is 3.41. The van der Waals surface area contributed by atoms with Crippen LogP contribution >= 0.6 is 0 Å². The number of ether oxygens (including phenoxy) is 1. The quantitative estimate of drug-likeness (QED) is 0.830. The number of hydrogen-bond donors (Lipinski definition) is 1. The second-order valence-corrected chi connectivity index (χ2v) is 5.62. The molecule has 1 N–H and O–H groups in total. The number of carbonyl (C=O) groups excluding carboxylic acids is 1. The number of carbonyl (C=O) groups is 2. The summed E-state index contributed by atoms with van der Waals surface area (Å²) in [7, 11) is 0. The van der Waals surface area contributed by atoms with Crippen molar-refractivity contribution in [1.82, 2.24) is 9.55 Å². The van der Waals surface area contributed by atoms with Crippen molar-refractivity contribution in [2.45, 2.75) is 40.3 Å². The molecule has 1 aromatic heterocycles. The molecule has 0 aliphatic carbocycles. The Hall–Kier alpha value is -2.37. The summed E-state index contributed by atoms with van der Waals surface area (Å²) in [5.41, 5.74) is 1.39. The number of aryl methyl sites for hydroxylation is 1. The minimum Gasteiger partial charge on any atom is -0.478 e. The summed E-state index contributed by atoms with van der Waals surface area (Å²) in [6, 6.07) is 5.00. The van der Waals surface area contributed by atoms with E-state index in [2.05, 4.69) is 18.8 Å². The normalized spacial score (nSPS) is 11.1. The van der Waals surface area contributed by atoms with Crippen molar-refractivity contribution >= 4 is 23.0 Å². The molecule has 0 spiro atoms. The van der Waals surface area contributed by atoms with Crippen LogP contribution in [-0.4, -0.2) is 26.6 Å². The molecule has 1 heterocycles. The second-order valence-electron chi connectivity index (χ2n) is 5.62. The summed E-state index contributed by atoms with van der Waals surface area (Å²) in [4.78, 5) is 26.9. The number of benzene rings is 1. The summed E-state index contributed by atoms with van der Waals surface area (Å²) >= 11 is 0. The smallest absolute Gasteiger partial charge is 0.337 e. The highest BCUT2D eigenvalue weighted by Crippen LogP contribution is 2.22. The molecule has 0 aliphatic rings. The molecular formula is C16H20N2O4. The van der Waals surface area contributed by atoms with Crippen LogP contribution in [0.25, 0.3) is 11.0 Å². The number of fused-ring (bicyclic) bond motifs is 1. The van der Waals surface area contributed by atoms with Crippen molar-refractivity contribution in [3.63, 3.8) is 0 Å². The van der Waals surface area contributed by atoms with E-state index in [-0.39, 0.29) is 18.1 Å². The van der Waals surface area contributed by atoms with Gasteiger partial charge in [-0.2, -0.15) is 0 Å². The number of carboxylic acids is 1. The van der Waals surface area contributed by atoms with E-state index in [1.54, 1.807) is 18.2 Å². The van der Waals surface area contributed by atoms with Gasteiger partial charge in [0.25, 0.3) is 0 Å². The number of hydrogen-bond acceptors (Lipinski definition) is 4. The lowest BCUT2D eigenvalue weighted by Crippen LogP contribution is -2.11. The highest BCUT2D eigenvalue weighted by atomic mass is 16.5. The maximum Gasteiger partial charge on any atom is 0.337 e. The van der Waals surface area contributed by atoms with Gasteiger partial charge in [0.1, 0.15) is 12.4 Å². The average Bonchev–Trinajstić information content (AvgIpc) is 2.80. The lowest BCUT2D eigenvalue weighted by atomic mass is 10.1. The number of para-hydroxylation sites is 1. The van der Waals surface area contributed by atoms with Crippen LogP contribution in [0.4, 0.5) is 0 Å². The summed E-state index contributed by atoms with van der Waals surface area (Å²) in [5, 5.41) is 9.39. The van der Waals surface area contributed by atoms with Crippen LogP contribution < -0.4 is 0 Å². The largest absolute Gasteiger partial charge is 0.478 e. The molecule has 2 aromatic rings. The van der Waals surface area contributed by atoms with Crippen LogP contribution in [-0.2, 0) is 22.7 Å². The molecule has 0 fully saturated rings. The van der Waals surface area contributed by atoms with E-state index < -0.39 is 5.97 Å². The fourth-order valence-electron chi connectivity index (χ4n) is 2.31. The highest BCUT2D eigenvalue weighted by molar-refractivity contribution is 6.01. The molecule has 2 rings (SSSR count). The average molecular weight is 304 g/mol. The van der Waals surface area contributed by atoms with Crippen molar-refractivity contribution in [1.29, 1.82) is 0 Å². The molecule has 0 amide bonds. The van der Waals surface area contributed by atoms with Crippen LogP contribution in [0.5, 0.6) is 0 Å². The Morgan fingerprint density at radius 3 is 2.68 bits per heavy atom. The molecule has 6 nitrogen and oxygen atoms in total. The Morgan fingerprint density at radius 2 is 2.09 bits per heavy atom. The highest BCUT2D eigenvalue weighted by Gasteiger charge is 2.18. The van der Waals surface area contributed by atoms with Crippen LogP contribution in [0.15, 0.2) is 18.2 Å². The maximum absolute atomic E-state index is 11.5. The predicted octanol–water partition coefficient (Wildman–Crippen LogP) is 2.84. The Balaban J connectivity index is 2.52. The number of aromatic carboxylic acids is 1. The van der Waals surface area contributed by atoms with Crippen LogP contribution in [0, 0.1) is 5.92 Å². The number of esters is 1. The predicted molar refractivity (Wildman–Crippen MR) is 81.6 cm³/mol. The van der Waals surface area contributed by atoms with Gasteiger partial charge in [-0.15, -0.1) is 0 Å². The van der Waals surface area contributed by atoms with E-state index in [9.17, 15) is 14.7 Å². The first kappa shape index (κ1) is 16.0. The SMILES string of the molecule is CC(=O)OCc1nc2cccc(C(=O)O)c2n1CCC(C)C. The van der Waals surface area contributed by atoms with E-state index in [0.29, 0.717) is 29.3 Å². The molecule has 0 radical (unpaired) electrons. The molecule has 0 saturated carbocycles. The summed E-state index contributed by atoms with van der Waals surface area (Å²) in [5.74, 6) is -0.341. The molecule has 0 atom stereocenters. The van der Waals surface area contributed by atoms with Gasteiger partial charge in [0, 0.05) is 13.5 Å². The van der Waals surface area contributed by atoms with Crippen LogP contribution in [0.1, 0.15) is 43.4 Å². The monoisotopic (exact) mass is 304 g/mol. The standard InChI is InChI=1S/C16H20N2O4/c1-10(2)7-8-18-14(9-22-11(3)19)17-13-6-4-5-12(15(13)18)16(20)21/h4-6,10H,7-9H2,1-3H3,(H,20,21). The fraction of sp³-hybridized carbons (Fsp3) is 0.438. The van der Waals surface area contributed by atoms with E-state index >= 15 is 0 Å². The van der Waals surface area contributed by atoms with Gasteiger partial charge in [0.15, 0.2) is 0 Å². The maximum atomic E-state index is 11.5. The van der Waals surface area contributed by atoms with E-state index in [4.69, 9.17) is 4.74 Å². The van der Waals surface area contributed by atoms with E-state index in [0.717, 1.165) is 6.42 Å². The summed E-state index contributed by atoms with van der Waals surface area (Å²) < 4.78 is 6.88. The van der Waals surface area contributed by atoms with Gasteiger partial charge in [-0.3, -0.25) is 4.79 Å². The van der Waals surface area contributed by atoms with Crippen molar-refractivity contribution in [2.75, 3.05) is 0 Å². The topological polar surface area (TPSA) is 81.4 Å². The Morgan fingerprint density at radius 1 is 1.36 bits per heavy atom. The number of carboxylic acid groups (broad SMARTS) is 1. The van der Waals surface area contributed by atoms with E-state index in [1.165, 1.54) is 6.92 Å².